The van der Waals surface area contributed by atoms with Crippen molar-refractivity contribution in [1.82, 2.24) is 4.98 Å². The fourth-order valence-corrected chi connectivity index (χ4v) is 3.05. The number of benzene rings is 2. The first-order chi connectivity index (χ1) is 11.7. The van der Waals surface area contributed by atoms with Crippen molar-refractivity contribution in [1.29, 1.82) is 0 Å². The lowest BCUT2D eigenvalue weighted by atomic mass is 10.0. The number of rotatable bonds is 3. The molecular formula is C19H13BrN2O2. The van der Waals surface area contributed by atoms with Crippen molar-refractivity contribution < 1.29 is 9.21 Å². The number of hydrogen-bond acceptors (Lipinski definition) is 3. The molecule has 2 aromatic carbocycles. The molecule has 0 unspecified atom stereocenters. The summed E-state index contributed by atoms with van der Waals surface area (Å²) in [5, 5.41) is 6.02. The van der Waals surface area contributed by atoms with Crippen LogP contribution in [0, 0.1) is 0 Å². The van der Waals surface area contributed by atoms with Gasteiger partial charge in [0.2, 0.25) is 5.91 Å². The van der Waals surface area contributed by atoms with Gasteiger partial charge in [-0.2, -0.15) is 0 Å². The molecule has 0 saturated heterocycles. The summed E-state index contributed by atoms with van der Waals surface area (Å²) >= 11 is 3.32. The molecule has 0 aliphatic heterocycles. The molecule has 4 nitrogen and oxygen atoms in total. The summed E-state index contributed by atoms with van der Waals surface area (Å²) in [7, 11) is 0. The third-order valence-corrected chi connectivity index (χ3v) is 4.36. The quantitative estimate of drug-likeness (QED) is 0.548. The van der Waals surface area contributed by atoms with Crippen LogP contribution in [0.2, 0.25) is 0 Å². The number of carbonyl (C=O) groups is 1. The van der Waals surface area contributed by atoms with E-state index in [0.717, 1.165) is 31.8 Å². The largest absolute Gasteiger partial charge is 0.464 e. The Kier molecular flexibility index (Phi) is 3.78. The van der Waals surface area contributed by atoms with E-state index in [1.54, 1.807) is 18.5 Å². The molecule has 1 N–H and O–H groups in total. The van der Waals surface area contributed by atoms with Crippen molar-refractivity contribution in [2.75, 3.05) is 5.32 Å². The molecular weight excluding hydrogens is 368 g/mol. The Bertz CT molecular complexity index is 1040. The minimum Gasteiger partial charge on any atom is -0.464 e. The number of anilines is 1. The number of furan rings is 1. The molecule has 2 aromatic heterocycles. The van der Waals surface area contributed by atoms with E-state index in [2.05, 4.69) is 32.3 Å². The molecule has 1 amide bonds. The van der Waals surface area contributed by atoms with Gasteiger partial charge < -0.3 is 9.73 Å². The number of aromatic nitrogens is 1. The summed E-state index contributed by atoms with van der Waals surface area (Å²) < 4.78 is 6.49. The lowest BCUT2D eigenvalue weighted by Crippen LogP contribution is -2.15. The Balaban J connectivity index is 1.65. The number of hydrogen-bond donors (Lipinski definition) is 1. The van der Waals surface area contributed by atoms with Gasteiger partial charge in [0.1, 0.15) is 11.4 Å². The molecule has 24 heavy (non-hydrogen) atoms. The van der Waals surface area contributed by atoms with Crippen LogP contribution >= 0.6 is 15.9 Å². The molecule has 0 saturated carbocycles. The second kappa shape index (κ2) is 6.09. The Hall–Kier alpha value is -2.66. The summed E-state index contributed by atoms with van der Waals surface area (Å²) in [5.74, 6) is 0.404. The van der Waals surface area contributed by atoms with Crippen LogP contribution in [0.3, 0.4) is 0 Å². The fraction of sp³-hybridized carbons (Fsp3) is 0.0526. The van der Waals surface area contributed by atoms with E-state index in [1.165, 1.54) is 0 Å². The van der Waals surface area contributed by atoms with Crippen LogP contribution in [0.4, 0.5) is 5.82 Å². The number of carbonyl (C=O) groups excluding carboxylic acids is 1. The number of nitrogens with zero attached hydrogens (tertiary/aromatic N) is 1. The molecule has 5 heteroatoms. The molecule has 0 aliphatic rings. The van der Waals surface area contributed by atoms with Crippen LogP contribution in [0.25, 0.3) is 21.7 Å². The van der Waals surface area contributed by atoms with Gasteiger partial charge >= 0.3 is 0 Å². The lowest BCUT2D eigenvalue weighted by molar-refractivity contribution is -0.115. The summed E-state index contributed by atoms with van der Waals surface area (Å²) in [5.41, 5.74) is 1.66. The highest BCUT2D eigenvalue weighted by Crippen LogP contribution is 2.30. The highest BCUT2D eigenvalue weighted by atomic mass is 79.9. The molecule has 2 heterocycles. The third kappa shape index (κ3) is 2.78. The molecule has 4 rings (SSSR count). The first-order valence-corrected chi connectivity index (χ1v) is 8.29. The Labute approximate surface area is 146 Å². The first kappa shape index (κ1) is 14.9. The van der Waals surface area contributed by atoms with Gasteiger partial charge in [0.05, 0.1) is 12.7 Å². The molecule has 0 bridgehead atoms. The van der Waals surface area contributed by atoms with E-state index >= 15 is 0 Å². The normalized spacial score (nSPS) is 11.0. The number of halogens is 1. The van der Waals surface area contributed by atoms with Crippen LogP contribution in [0.15, 0.2) is 69.9 Å². The SMILES string of the molecule is O=C(Cc1coc2ccc3ccccc3c12)Nc1ccc(Br)cn1. The van der Waals surface area contributed by atoms with Gasteiger partial charge in [-0.05, 0) is 44.9 Å². The fourth-order valence-electron chi connectivity index (χ4n) is 2.81. The Morgan fingerprint density at radius 3 is 2.83 bits per heavy atom. The van der Waals surface area contributed by atoms with Crippen molar-refractivity contribution in [3.05, 3.63) is 71.0 Å². The van der Waals surface area contributed by atoms with Gasteiger partial charge in [-0.15, -0.1) is 0 Å². The number of fused-ring (bicyclic) bond motifs is 3. The average Bonchev–Trinajstić information content (AvgIpc) is 3.00. The molecule has 4 aromatic rings. The molecule has 0 aliphatic carbocycles. The van der Waals surface area contributed by atoms with Crippen molar-refractivity contribution in [3.8, 4) is 0 Å². The van der Waals surface area contributed by atoms with E-state index in [0.29, 0.717) is 5.82 Å². The molecule has 0 spiro atoms. The summed E-state index contributed by atoms with van der Waals surface area (Å²) in [6.45, 7) is 0. The smallest absolute Gasteiger partial charge is 0.230 e. The van der Waals surface area contributed by atoms with E-state index in [4.69, 9.17) is 4.42 Å². The van der Waals surface area contributed by atoms with Crippen LogP contribution in [0.5, 0.6) is 0 Å². The van der Waals surface area contributed by atoms with Gasteiger partial charge in [-0.25, -0.2) is 4.98 Å². The van der Waals surface area contributed by atoms with Crippen LogP contribution in [0.1, 0.15) is 5.56 Å². The van der Waals surface area contributed by atoms with Crippen molar-refractivity contribution in [3.63, 3.8) is 0 Å². The monoisotopic (exact) mass is 380 g/mol. The van der Waals surface area contributed by atoms with E-state index < -0.39 is 0 Å². The zero-order valence-electron chi connectivity index (χ0n) is 12.6. The van der Waals surface area contributed by atoms with Gasteiger partial charge in [-0.3, -0.25) is 4.79 Å². The van der Waals surface area contributed by atoms with E-state index in [9.17, 15) is 4.79 Å². The maximum absolute atomic E-state index is 12.3. The summed E-state index contributed by atoms with van der Waals surface area (Å²) in [6, 6.07) is 15.6. The van der Waals surface area contributed by atoms with Crippen LogP contribution < -0.4 is 5.32 Å². The topological polar surface area (TPSA) is 55.1 Å². The second-order valence-electron chi connectivity index (χ2n) is 5.51. The zero-order valence-corrected chi connectivity index (χ0v) is 14.2. The van der Waals surface area contributed by atoms with Gasteiger partial charge in [-0.1, -0.05) is 30.3 Å². The summed E-state index contributed by atoms with van der Waals surface area (Å²) in [6.07, 6.45) is 3.54. The minimum absolute atomic E-state index is 0.125. The predicted octanol–water partition coefficient (Wildman–Crippen LogP) is 4.92. The summed E-state index contributed by atoms with van der Waals surface area (Å²) in [4.78, 5) is 16.5. The van der Waals surface area contributed by atoms with Crippen molar-refractivity contribution in [2.24, 2.45) is 0 Å². The molecule has 0 fully saturated rings. The lowest BCUT2D eigenvalue weighted by Gasteiger charge is -2.05. The second-order valence-corrected chi connectivity index (χ2v) is 6.42. The van der Waals surface area contributed by atoms with Crippen molar-refractivity contribution >= 4 is 49.4 Å². The highest BCUT2D eigenvalue weighted by molar-refractivity contribution is 9.10. The van der Waals surface area contributed by atoms with Gasteiger partial charge in [0.25, 0.3) is 0 Å². The van der Waals surface area contributed by atoms with Gasteiger partial charge in [0, 0.05) is 21.6 Å². The number of nitrogens with one attached hydrogen (secondary N) is 1. The first-order valence-electron chi connectivity index (χ1n) is 7.50. The van der Waals surface area contributed by atoms with Gasteiger partial charge in [0.15, 0.2) is 0 Å². The molecule has 118 valence electrons. The average molecular weight is 381 g/mol. The molecule has 0 atom stereocenters. The highest BCUT2D eigenvalue weighted by Gasteiger charge is 2.13. The maximum atomic E-state index is 12.3. The number of amides is 1. The standard InChI is InChI=1S/C19H13BrN2O2/c20-14-6-8-17(21-10-14)22-18(23)9-13-11-24-16-7-5-12-3-1-2-4-15(12)19(13)16/h1-8,10-11H,9H2,(H,21,22,23). The Morgan fingerprint density at radius 2 is 2.00 bits per heavy atom. The van der Waals surface area contributed by atoms with E-state index in [1.807, 2.05) is 36.4 Å². The zero-order chi connectivity index (χ0) is 16.5. The third-order valence-electron chi connectivity index (χ3n) is 3.89. The Morgan fingerprint density at radius 1 is 1.12 bits per heavy atom. The van der Waals surface area contributed by atoms with Crippen LogP contribution in [-0.4, -0.2) is 10.9 Å². The number of pyridine rings is 1. The van der Waals surface area contributed by atoms with Crippen molar-refractivity contribution in [2.45, 2.75) is 6.42 Å². The maximum Gasteiger partial charge on any atom is 0.230 e. The molecule has 0 radical (unpaired) electrons. The van der Waals surface area contributed by atoms with E-state index in [-0.39, 0.29) is 12.3 Å². The predicted molar refractivity (Wildman–Crippen MR) is 98.0 cm³/mol. The van der Waals surface area contributed by atoms with Crippen LogP contribution in [-0.2, 0) is 11.2 Å². The minimum atomic E-state index is -0.125.